The molecule has 0 radical (unpaired) electrons. The average molecular weight is 674 g/mol. The molecule has 15 heteroatoms. The van der Waals surface area contributed by atoms with Crippen LogP contribution in [-0.4, -0.2) is 39.7 Å². The summed E-state index contributed by atoms with van der Waals surface area (Å²) in [6.45, 7) is 0. The molecular weight excluding hydrogens is 648 g/mol. The van der Waals surface area contributed by atoms with Gasteiger partial charge in [0.15, 0.2) is 11.6 Å². The van der Waals surface area contributed by atoms with Crippen LogP contribution in [-0.2, 0) is 28.3 Å². The fourth-order valence-electron chi connectivity index (χ4n) is 5.15. The molecule has 48 heavy (non-hydrogen) atoms. The zero-order valence-electron chi connectivity index (χ0n) is 24.9. The van der Waals surface area contributed by atoms with E-state index in [-0.39, 0.29) is 22.4 Å². The molecule has 0 unspecified atom stereocenters. The average Bonchev–Trinajstić information content (AvgIpc) is 3.61. The number of halogens is 2. The Morgan fingerprint density at radius 2 is 1.67 bits per heavy atom. The first-order chi connectivity index (χ1) is 22.9. The van der Waals surface area contributed by atoms with Crippen LogP contribution in [0, 0.1) is 11.6 Å². The second kappa shape index (κ2) is 12.6. The molecule has 6 aromatic rings. The normalized spacial score (nSPS) is 12.1. The van der Waals surface area contributed by atoms with Crippen LogP contribution in [0.15, 0.2) is 117 Å². The van der Waals surface area contributed by atoms with Crippen molar-refractivity contribution in [1.82, 2.24) is 14.1 Å². The number of pyridine rings is 1. The van der Waals surface area contributed by atoms with E-state index in [0.717, 1.165) is 22.3 Å². The first-order valence-electron chi connectivity index (χ1n) is 14.2. The van der Waals surface area contributed by atoms with Crippen molar-refractivity contribution in [1.29, 1.82) is 0 Å². The number of nitrogens with one attached hydrogen (secondary N) is 2. The van der Waals surface area contributed by atoms with Crippen molar-refractivity contribution in [2.24, 2.45) is 7.05 Å². The number of nitrogens with zero attached hydrogens (tertiary/aromatic N) is 3. The quantitative estimate of drug-likeness (QED) is 0.189. The number of sulfonamides is 1. The van der Waals surface area contributed by atoms with Gasteiger partial charge < -0.3 is 14.8 Å². The lowest BCUT2D eigenvalue weighted by molar-refractivity contribution is -0.137. The van der Waals surface area contributed by atoms with Crippen molar-refractivity contribution in [3.05, 3.63) is 136 Å². The van der Waals surface area contributed by atoms with E-state index in [2.05, 4.69) is 15.0 Å². The van der Waals surface area contributed by atoms with E-state index < -0.39 is 56.3 Å². The van der Waals surface area contributed by atoms with Gasteiger partial charge in [0, 0.05) is 37.4 Å². The third kappa shape index (κ3) is 6.18. The molecule has 3 heterocycles. The van der Waals surface area contributed by atoms with Crippen LogP contribution in [0.2, 0.25) is 0 Å². The van der Waals surface area contributed by atoms with E-state index in [1.807, 2.05) is 0 Å². The zero-order chi connectivity index (χ0) is 34.2. The number of carboxylic acid groups (broad SMARTS) is 1. The Morgan fingerprint density at radius 1 is 0.979 bits per heavy atom. The number of hydrogen-bond donors (Lipinski definition) is 3. The summed E-state index contributed by atoms with van der Waals surface area (Å²) < 4.78 is 65.4. The van der Waals surface area contributed by atoms with Gasteiger partial charge in [0.25, 0.3) is 15.6 Å². The molecule has 3 N–H and O–H groups in total. The highest BCUT2D eigenvalue weighted by atomic mass is 32.2. The number of carboxylic acids is 1. The highest BCUT2D eigenvalue weighted by molar-refractivity contribution is 7.92. The summed E-state index contributed by atoms with van der Waals surface area (Å²) >= 11 is 0. The van der Waals surface area contributed by atoms with Crippen LogP contribution in [0.3, 0.4) is 0 Å². The van der Waals surface area contributed by atoms with Gasteiger partial charge in [0.2, 0.25) is 0 Å². The maximum Gasteiger partial charge on any atom is 0.335 e. The van der Waals surface area contributed by atoms with E-state index in [1.165, 1.54) is 79.0 Å². The summed E-state index contributed by atoms with van der Waals surface area (Å²) in [7, 11) is -2.73. The third-order valence-corrected chi connectivity index (χ3v) is 9.03. The van der Waals surface area contributed by atoms with Crippen LogP contribution < -0.4 is 21.3 Å². The van der Waals surface area contributed by atoms with Gasteiger partial charge in [-0.2, -0.15) is 0 Å². The minimum Gasteiger partial charge on any atom is -0.480 e. The molecule has 0 bridgehead atoms. The zero-order valence-corrected chi connectivity index (χ0v) is 25.7. The van der Waals surface area contributed by atoms with Crippen molar-refractivity contribution in [2.45, 2.75) is 17.4 Å². The number of fused-ring (bicyclic) bond motifs is 1. The SMILES string of the molecule is Cn1c(=O)n(-c2ccc(C[C@H](Nc3c(F)cc(NS(=O)(=O)c4ccc(-c5ccoc5)cc4)cc3F)C(=O)O)cc2)c(=O)c2ccncc21. The first kappa shape index (κ1) is 31.9. The fourth-order valence-corrected chi connectivity index (χ4v) is 6.19. The molecule has 0 fully saturated rings. The Morgan fingerprint density at radius 3 is 2.29 bits per heavy atom. The van der Waals surface area contributed by atoms with Gasteiger partial charge in [-0.05, 0) is 47.5 Å². The second-order valence-corrected chi connectivity index (χ2v) is 12.4. The van der Waals surface area contributed by atoms with E-state index in [9.17, 15) is 27.9 Å². The highest BCUT2D eigenvalue weighted by Gasteiger charge is 2.24. The van der Waals surface area contributed by atoms with Crippen LogP contribution in [0.25, 0.3) is 27.7 Å². The molecule has 0 saturated carbocycles. The minimum atomic E-state index is -4.23. The van der Waals surface area contributed by atoms with Crippen LogP contribution in [0.5, 0.6) is 0 Å². The van der Waals surface area contributed by atoms with E-state index >= 15 is 8.78 Å². The molecule has 0 aliphatic carbocycles. The maximum absolute atomic E-state index is 15.1. The highest BCUT2D eigenvalue weighted by Crippen LogP contribution is 2.28. The molecule has 0 aliphatic heterocycles. The molecule has 0 aliphatic rings. The molecule has 1 atom stereocenters. The van der Waals surface area contributed by atoms with Crippen molar-refractivity contribution in [3.63, 3.8) is 0 Å². The predicted octanol–water partition coefficient (Wildman–Crippen LogP) is 4.53. The summed E-state index contributed by atoms with van der Waals surface area (Å²) in [5.74, 6) is -3.88. The van der Waals surface area contributed by atoms with Gasteiger partial charge in [-0.1, -0.05) is 24.3 Å². The summed E-state index contributed by atoms with van der Waals surface area (Å²) in [6, 6.07) is 14.8. The standard InChI is InChI=1S/C33H25F2N5O7S/c1-39-29-17-36-12-10-25(29)31(41)40(33(39)44)23-6-2-19(3-7-23)14-28(32(42)43)37-30-26(34)15-22(16-27(30)35)38-48(45,46)24-8-4-20(5-9-24)21-11-13-47-18-21/h2-13,15-18,28,37-38H,14H2,1H3,(H,42,43)/t28-/m0/s1. The molecule has 0 saturated heterocycles. The van der Waals surface area contributed by atoms with Crippen molar-refractivity contribution in [2.75, 3.05) is 10.0 Å². The van der Waals surface area contributed by atoms with Gasteiger partial charge in [-0.25, -0.2) is 31.4 Å². The van der Waals surface area contributed by atoms with Crippen LogP contribution >= 0.6 is 0 Å². The fraction of sp³-hybridized carbons (Fsp3) is 0.0909. The Balaban J connectivity index is 1.19. The Kier molecular flexibility index (Phi) is 8.37. The second-order valence-electron chi connectivity index (χ2n) is 10.7. The number of carbonyl (C=O) groups is 1. The molecule has 3 aromatic heterocycles. The van der Waals surface area contributed by atoms with Crippen LogP contribution in [0.1, 0.15) is 5.56 Å². The lowest BCUT2D eigenvalue weighted by Crippen LogP contribution is -2.38. The lowest BCUT2D eigenvalue weighted by Gasteiger charge is -2.18. The summed E-state index contributed by atoms with van der Waals surface area (Å²) in [4.78, 5) is 41.9. The smallest absolute Gasteiger partial charge is 0.335 e. The summed E-state index contributed by atoms with van der Waals surface area (Å²) in [5.41, 5.74) is 0.0749. The number of aromatic nitrogens is 3. The summed E-state index contributed by atoms with van der Waals surface area (Å²) in [6.07, 6.45) is 5.56. The summed E-state index contributed by atoms with van der Waals surface area (Å²) in [5, 5.41) is 12.4. The van der Waals surface area contributed by atoms with Crippen molar-refractivity contribution >= 4 is 38.3 Å². The number of aliphatic carboxylic acids is 1. The largest absolute Gasteiger partial charge is 0.480 e. The Hall–Kier alpha value is -6.09. The van der Waals surface area contributed by atoms with E-state index in [0.29, 0.717) is 16.6 Å². The van der Waals surface area contributed by atoms with Gasteiger partial charge in [0.05, 0.1) is 45.9 Å². The monoisotopic (exact) mass is 673 g/mol. The number of hydrogen-bond acceptors (Lipinski definition) is 8. The van der Waals surface area contributed by atoms with E-state index in [4.69, 9.17) is 4.42 Å². The molecule has 3 aromatic carbocycles. The Labute approximate surface area is 270 Å². The van der Waals surface area contributed by atoms with Gasteiger partial charge in [-0.3, -0.25) is 19.1 Å². The Bertz CT molecular complexity index is 2370. The van der Waals surface area contributed by atoms with Gasteiger partial charge in [-0.15, -0.1) is 0 Å². The van der Waals surface area contributed by atoms with Crippen molar-refractivity contribution < 1.29 is 31.5 Å². The molecular formula is C33H25F2N5O7S. The molecule has 0 spiro atoms. The molecule has 0 amide bonds. The molecule has 6 rings (SSSR count). The number of furan rings is 1. The molecule has 12 nitrogen and oxygen atoms in total. The predicted molar refractivity (Wildman–Crippen MR) is 173 cm³/mol. The van der Waals surface area contributed by atoms with Gasteiger partial charge in [0.1, 0.15) is 11.7 Å². The van der Waals surface area contributed by atoms with E-state index in [1.54, 1.807) is 18.2 Å². The van der Waals surface area contributed by atoms with Crippen molar-refractivity contribution in [3.8, 4) is 16.8 Å². The lowest BCUT2D eigenvalue weighted by atomic mass is 10.0. The number of rotatable bonds is 10. The minimum absolute atomic E-state index is 0.155. The number of anilines is 2. The number of aryl methyl sites for hydroxylation is 1. The molecule has 244 valence electrons. The van der Waals surface area contributed by atoms with Crippen LogP contribution in [0.4, 0.5) is 20.2 Å². The first-order valence-corrected chi connectivity index (χ1v) is 15.7. The topological polar surface area (TPSA) is 166 Å². The third-order valence-electron chi connectivity index (χ3n) is 7.64. The number of benzene rings is 3. The maximum atomic E-state index is 15.1. The van der Waals surface area contributed by atoms with Gasteiger partial charge >= 0.3 is 11.7 Å².